The SMILES string of the molecule is CCNC(=NCc1cc(F)ccc1F)NCCc1cccnc1. The molecule has 0 aliphatic rings. The lowest BCUT2D eigenvalue weighted by molar-refractivity contribution is 0.585. The van der Waals surface area contributed by atoms with Gasteiger partial charge < -0.3 is 10.6 Å². The van der Waals surface area contributed by atoms with Crippen LogP contribution in [0.2, 0.25) is 0 Å². The number of halogens is 2. The van der Waals surface area contributed by atoms with E-state index in [9.17, 15) is 8.78 Å². The Bertz CT molecular complexity index is 644. The summed E-state index contributed by atoms with van der Waals surface area (Å²) >= 11 is 0. The van der Waals surface area contributed by atoms with Crippen molar-refractivity contribution in [3.8, 4) is 0 Å². The highest BCUT2D eigenvalue weighted by atomic mass is 19.1. The molecule has 23 heavy (non-hydrogen) atoms. The summed E-state index contributed by atoms with van der Waals surface area (Å²) in [6, 6.07) is 7.27. The monoisotopic (exact) mass is 318 g/mol. The molecule has 122 valence electrons. The van der Waals surface area contributed by atoms with Crippen LogP contribution in [0.3, 0.4) is 0 Å². The van der Waals surface area contributed by atoms with Gasteiger partial charge in [0.1, 0.15) is 11.6 Å². The Balaban J connectivity index is 1.93. The first kappa shape index (κ1) is 16.9. The molecule has 6 heteroatoms. The van der Waals surface area contributed by atoms with E-state index in [0.717, 1.165) is 30.2 Å². The van der Waals surface area contributed by atoms with Gasteiger partial charge in [-0.1, -0.05) is 6.07 Å². The lowest BCUT2D eigenvalue weighted by Gasteiger charge is -2.11. The van der Waals surface area contributed by atoms with Crippen LogP contribution in [0, 0.1) is 11.6 Å². The van der Waals surface area contributed by atoms with E-state index in [1.165, 1.54) is 0 Å². The number of nitrogens with zero attached hydrogens (tertiary/aromatic N) is 2. The molecule has 2 N–H and O–H groups in total. The first-order valence-electron chi connectivity index (χ1n) is 7.54. The molecule has 0 fully saturated rings. The minimum absolute atomic E-state index is 0.0752. The summed E-state index contributed by atoms with van der Waals surface area (Å²) < 4.78 is 26.8. The van der Waals surface area contributed by atoms with E-state index >= 15 is 0 Å². The summed E-state index contributed by atoms with van der Waals surface area (Å²) in [6.07, 6.45) is 4.34. The number of aliphatic imine (C=N–C) groups is 1. The lowest BCUT2D eigenvalue weighted by atomic mass is 10.2. The van der Waals surface area contributed by atoms with Crippen LogP contribution in [0.5, 0.6) is 0 Å². The van der Waals surface area contributed by atoms with Crippen LogP contribution in [0.1, 0.15) is 18.1 Å². The molecule has 4 nitrogen and oxygen atoms in total. The molecule has 0 unspecified atom stereocenters. The summed E-state index contributed by atoms with van der Waals surface area (Å²) in [5.74, 6) is -0.354. The van der Waals surface area contributed by atoms with E-state index in [0.29, 0.717) is 19.0 Å². The minimum atomic E-state index is -0.467. The van der Waals surface area contributed by atoms with Crippen molar-refractivity contribution in [1.29, 1.82) is 0 Å². The number of hydrogen-bond donors (Lipinski definition) is 2. The van der Waals surface area contributed by atoms with Crippen LogP contribution < -0.4 is 10.6 Å². The summed E-state index contributed by atoms with van der Waals surface area (Å²) in [4.78, 5) is 8.35. The smallest absolute Gasteiger partial charge is 0.191 e. The van der Waals surface area contributed by atoms with Gasteiger partial charge >= 0.3 is 0 Å². The molecule has 0 saturated heterocycles. The Morgan fingerprint density at radius 2 is 2.09 bits per heavy atom. The molecule has 0 spiro atoms. The fourth-order valence-corrected chi connectivity index (χ4v) is 2.04. The molecule has 0 amide bonds. The highest BCUT2D eigenvalue weighted by molar-refractivity contribution is 5.79. The third-order valence-electron chi connectivity index (χ3n) is 3.19. The van der Waals surface area contributed by atoms with E-state index in [1.54, 1.807) is 6.20 Å². The number of guanidine groups is 1. The van der Waals surface area contributed by atoms with Crippen molar-refractivity contribution >= 4 is 5.96 Å². The van der Waals surface area contributed by atoms with Crippen LogP contribution in [0.4, 0.5) is 8.78 Å². The Hall–Kier alpha value is -2.50. The van der Waals surface area contributed by atoms with Gasteiger partial charge in [0, 0.05) is 31.0 Å². The standard InChI is InChI=1S/C17H20F2N4/c1-2-21-17(22-9-7-13-4-3-8-20-11-13)23-12-14-10-15(18)5-6-16(14)19/h3-6,8,10-11H,2,7,9,12H2,1H3,(H2,21,22,23). The maximum Gasteiger partial charge on any atom is 0.191 e. The van der Waals surface area contributed by atoms with Gasteiger partial charge in [0.05, 0.1) is 6.54 Å². The summed E-state index contributed by atoms with van der Waals surface area (Å²) in [7, 11) is 0. The predicted molar refractivity (Wildman–Crippen MR) is 87.1 cm³/mol. The molecule has 0 bridgehead atoms. The second-order valence-electron chi connectivity index (χ2n) is 4.97. The molecule has 0 atom stereocenters. The average molecular weight is 318 g/mol. The molecule has 1 heterocycles. The maximum absolute atomic E-state index is 13.6. The number of rotatable bonds is 6. The van der Waals surface area contributed by atoms with Gasteiger partial charge in [-0.2, -0.15) is 0 Å². The van der Waals surface area contributed by atoms with E-state index in [2.05, 4.69) is 20.6 Å². The van der Waals surface area contributed by atoms with Gasteiger partial charge in [-0.3, -0.25) is 4.98 Å². The number of benzene rings is 1. The molecule has 1 aromatic carbocycles. The highest BCUT2D eigenvalue weighted by Crippen LogP contribution is 2.10. The summed E-state index contributed by atoms with van der Waals surface area (Å²) in [5, 5.41) is 6.25. The van der Waals surface area contributed by atoms with Gasteiger partial charge in [0.15, 0.2) is 5.96 Å². The summed E-state index contributed by atoms with van der Waals surface area (Å²) in [5.41, 5.74) is 1.35. The van der Waals surface area contributed by atoms with Gasteiger partial charge in [0.25, 0.3) is 0 Å². The Morgan fingerprint density at radius 3 is 2.83 bits per heavy atom. The van der Waals surface area contributed by atoms with Crippen LogP contribution in [-0.2, 0) is 13.0 Å². The molecule has 2 aromatic rings. The zero-order valence-corrected chi connectivity index (χ0v) is 13.0. The van der Waals surface area contributed by atoms with Crippen LogP contribution in [0.25, 0.3) is 0 Å². The molecular formula is C17H20F2N4. The Morgan fingerprint density at radius 1 is 1.22 bits per heavy atom. The van der Waals surface area contributed by atoms with Gasteiger partial charge in [-0.25, -0.2) is 13.8 Å². The fraction of sp³-hybridized carbons (Fsp3) is 0.294. The van der Waals surface area contributed by atoms with Crippen molar-refractivity contribution < 1.29 is 8.78 Å². The van der Waals surface area contributed by atoms with Crippen molar-refractivity contribution in [1.82, 2.24) is 15.6 Å². The third kappa shape index (κ3) is 5.65. The van der Waals surface area contributed by atoms with Crippen molar-refractivity contribution in [2.75, 3.05) is 13.1 Å². The molecular weight excluding hydrogens is 298 g/mol. The Kier molecular flexibility index (Phi) is 6.47. The van der Waals surface area contributed by atoms with E-state index in [-0.39, 0.29) is 12.1 Å². The minimum Gasteiger partial charge on any atom is -0.357 e. The van der Waals surface area contributed by atoms with Crippen molar-refractivity contribution in [3.05, 3.63) is 65.5 Å². The van der Waals surface area contributed by atoms with Crippen molar-refractivity contribution in [2.24, 2.45) is 4.99 Å². The second-order valence-corrected chi connectivity index (χ2v) is 4.97. The van der Waals surface area contributed by atoms with E-state index in [1.807, 2.05) is 25.3 Å². The molecule has 1 aromatic heterocycles. The predicted octanol–water partition coefficient (Wildman–Crippen LogP) is 2.66. The van der Waals surface area contributed by atoms with Crippen LogP contribution in [-0.4, -0.2) is 24.0 Å². The third-order valence-corrected chi connectivity index (χ3v) is 3.19. The second kappa shape index (κ2) is 8.82. The van der Waals surface area contributed by atoms with Gasteiger partial charge in [0.2, 0.25) is 0 Å². The van der Waals surface area contributed by atoms with Gasteiger partial charge in [-0.15, -0.1) is 0 Å². The van der Waals surface area contributed by atoms with Crippen LogP contribution >= 0.6 is 0 Å². The van der Waals surface area contributed by atoms with Gasteiger partial charge in [-0.05, 0) is 43.2 Å². The first-order chi connectivity index (χ1) is 11.2. The molecule has 0 aliphatic heterocycles. The van der Waals surface area contributed by atoms with E-state index < -0.39 is 11.6 Å². The normalized spacial score (nSPS) is 11.3. The molecule has 0 aliphatic carbocycles. The van der Waals surface area contributed by atoms with Crippen molar-refractivity contribution in [3.63, 3.8) is 0 Å². The zero-order chi connectivity index (χ0) is 16.5. The number of nitrogens with one attached hydrogen (secondary N) is 2. The average Bonchev–Trinajstić information content (AvgIpc) is 2.56. The quantitative estimate of drug-likeness (QED) is 0.636. The maximum atomic E-state index is 13.6. The largest absolute Gasteiger partial charge is 0.357 e. The fourth-order valence-electron chi connectivity index (χ4n) is 2.04. The summed E-state index contributed by atoms with van der Waals surface area (Å²) in [6.45, 7) is 3.38. The topological polar surface area (TPSA) is 49.3 Å². The Labute approximate surface area is 134 Å². The highest BCUT2D eigenvalue weighted by Gasteiger charge is 2.04. The van der Waals surface area contributed by atoms with E-state index in [4.69, 9.17) is 0 Å². The number of hydrogen-bond acceptors (Lipinski definition) is 2. The number of aromatic nitrogens is 1. The first-order valence-corrected chi connectivity index (χ1v) is 7.54. The lowest BCUT2D eigenvalue weighted by Crippen LogP contribution is -2.38. The molecule has 0 saturated carbocycles. The van der Waals surface area contributed by atoms with Crippen LogP contribution in [0.15, 0.2) is 47.7 Å². The molecule has 2 rings (SSSR count). The molecule has 0 radical (unpaired) electrons. The zero-order valence-electron chi connectivity index (χ0n) is 13.0. The number of pyridine rings is 1. The van der Waals surface area contributed by atoms with Crippen molar-refractivity contribution in [2.45, 2.75) is 19.9 Å².